The number of nitrogens with zero attached hydrogens (tertiary/aromatic N) is 1. The molecule has 0 spiro atoms. The van der Waals surface area contributed by atoms with Gasteiger partial charge in [-0.1, -0.05) is 31.9 Å². The fourth-order valence-corrected chi connectivity index (χ4v) is 9.72. The summed E-state index contributed by atoms with van der Waals surface area (Å²) in [6.45, 7) is 11.8. The Labute approximate surface area is 183 Å². The molecule has 3 saturated carbocycles. The Balaban J connectivity index is 1.37. The van der Waals surface area contributed by atoms with Crippen LogP contribution in [0.4, 0.5) is 0 Å². The number of aliphatic hydroxyl groups is 1. The minimum absolute atomic E-state index is 0.0268. The smallest absolute Gasteiger partial charge is 0.0543 e. The molecule has 1 saturated heterocycles. The van der Waals surface area contributed by atoms with Crippen molar-refractivity contribution in [2.24, 2.45) is 34.5 Å². The van der Waals surface area contributed by atoms with Crippen LogP contribution in [-0.2, 0) is 0 Å². The van der Waals surface area contributed by atoms with Gasteiger partial charge in [-0.15, -0.1) is 0 Å². The Morgan fingerprint density at radius 2 is 1.86 bits per heavy atom. The molecule has 0 aromatic heterocycles. The van der Waals surface area contributed by atoms with E-state index in [9.17, 15) is 5.11 Å². The molecule has 7 atom stereocenters. The van der Waals surface area contributed by atoms with Crippen LogP contribution >= 0.6 is 11.8 Å². The molecule has 2 nitrogen and oxygen atoms in total. The standard InChI is InChI=1S/C26H43NOS/c1-18(17-27-12-14-29-15-13-27)22-6-7-23-21-5-4-19-16-20(28)8-10-25(19,2)24(21)9-11-26(22,23)3/h18-20,22,24,28H,4-17H2,1-3H3/t18-,19+,20?,22-,24?,25?,26?/m1/s1. The van der Waals surface area contributed by atoms with E-state index in [0.717, 1.165) is 36.5 Å². The summed E-state index contributed by atoms with van der Waals surface area (Å²) in [5.41, 5.74) is 4.78. The first-order chi connectivity index (χ1) is 13.9. The van der Waals surface area contributed by atoms with Gasteiger partial charge in [0, 0.05) is 31.1 Å². The van der Waals surface area contributed by atoms with E-state index >= 15 is 0 Å². The zero-order valence-electron chi connectivity index (χ0n) is 19.1. The molecule has 0 aromatic carbocycles. The van der Waals surface area contributed by atoms with Crippen LogP contribution in [-0.4, -0.2) is 47.3 Å². The zero-order chi connectivity index (χ0) is 20.2. The summed E-state index contributed by atoms with van der Waals surface area (Å²) in [6, 6.07) is 0. The highest BCUT2D eigenvalue weighted by molar-refractivity contribution is 7.99. The van der Waals surface area contributed by atoms with Crippen molar-refractivity contribution in [3.05, 3.63) is 11.1 Å². The number of hydrogen-bond donors (Lipinski definition) is 1. The zero-order valence-corrected chi connectivity index (χ0v) is 19.9. The molecule has 4 fully saturated rings. The van der Waals surface area contributed by atoms with E-state index < -0.39 is 0 Å². The van der Waals surface area contributed by atoms with Crippen molar-refractivity contribution in [2.75, 3.05) is 31.1 Å². The van der Waals surface area contributed by atoms with Crippen LogP contribution in [0.3, 0.4) is 0 Å². The van der Waals surface area contributed by atoms with Gasteiger partial charge >= 0.3 is 0 Å². The van der Waals surface area contributed by atoms with Crippen molar-refractivity contribution in [1.29, 1.82) is 0 Å². The van der Waals surface area contributed by atoms with Crippen molar-refractivity contribution in [1.82, 2.24) is 4.90 Å². The highest BCUT2D eigenvalue weighted by Crippen LogP contribution is 2.65. The summed E-state index contributed by atoms with van der Waals surface area (Å²) in [6.07, 6.45) is 11.7. The van der Waals surface area contributed by atoms with Crippen LogP contribution in [0.2, 0.25) is 0 Å². The molecular formula is C26H43NOS. The van der Waals surface area contributed by atoms with Crippen LogP contribution in [0.5, 0.6) is 0 Å². The normalized spacial score (nSPS) is 46.8. The predicted octanol–water partition coefficient (Wildman–Crippen LogP) is 5.76. The van der Waals surface area contributed by atoms with Gasteiger partial charge in [-0.25, -0.2) is 0 Å². The average Bonchev–Trinajstić information content (AvgIpc) is 3.06. The quantitative estimate of drug-likeness (QED) is 0.591. The Morgan fingerprint density at radius 1 is 1.07 bits per heavy atom. The van der Waals surface area contributed by atoms with E-state index in [0.29, 0.717) is 10.8 Å². The van der Waals surface area contributed by atoms with E-state index in [4.69, 9.17) is 0 Å². The topological polar surface area (TPSA) is 23.5 Å². The fraction of sp³-hybridized carbons (Fsp3) is 0.923. The Kier molecular flexibility index (Phi) is 5.66. The Hall–Kier alpha value is 0.01000. The molecular weight excluding hydrogens is 374 g/mol. The SMILES string of the molecule is C[C@H](CN1CCSCC1)[C@H]1CCC2=C3CC[C@H]4CC(O)CCC4(C)C3CCC21C. The summed E-state index contributed by atoms with van der Waals surface area (Å²) < 4.78 is 0. The summed E-state index contributed by atoms with van der Waals surface area (Å²) in [7, 11) is 0. The van der Waals surface area contributed by atoms with Gasteiger partial charge in [0.2, 0.25) is 0 Å². The molecule has 4 unspecified atom stereocenters. The lowest BCUT2D eigenvalue weighted by atomic mass is 9.49. The second-order valence-electron chi connectivity index (χ2n) is 11.7. The average molecular weight is 418 g/mol. The number of thioether (sulfide) groups is 1. The number of allylic oxidation sites excluding steroid dienone is 2. The molecule has 3 heteroatoms. The van der Waals surface area contributed by atoms with Crippen molar-refractivity contribution in [3.63, 3.8) is 0 Å². The van der Waals surface area contributed by atoms with Gasteiger partial charge in [0.15, 0.2) is 0 Å². The lowest BCUT2D eigenvalue weighted by molar-refractivity contribution is -0.0383. The largest absolute Gasteiger partial charge is 0.393 e. The minimum atomic E-state index is -0.0268. The molecule has 1 N–H and O–H groups in total. The Morgan fingerprint density at radius 3 is 2.66 bits per heavy atom. The summed E-state index contributed by atoms with van der Waals surface area (Å²) >= 11 is 2.13. The number of hydrogen-bond acceptors (Lipinski definition) is 3. The highest BCUT2D eigenvalue weighted by Gasteiger charge is 2.55. The molecule has 0 amide bonds. The second kappa shape index (κ2) is 7.85. The predicted molar refractivity (Wildman–Crippen MR) is 124 cm³/mol. The number of aliphatic hydroxyl groups excluding tert-OH is 1. The second-order valence-corrected chi connectivity index (χ2v) is 12.9. The van der Waals surface area contributed by atoms with Gasteiger partial charge in [-0.05, 0) is 92.3 Å². The first-order valence-electron chi connectivity index (χ1n) is 12.6. The molecule has 1 heterocycles. The van der Waals surface area contributed by atoms with E-state index in [-0.39, 0.29) is 6.10 Å². The highest BCUT2D eigenvalue weighted by atomic mass is 32.2. The molecule has 5 aliphatic rings. The van der Waals surface area contributed by atoms with Crippen LogP contribution < -0.4 is 0 Å². The maximum Gasteiger partial charge on any atom is 0.0543 e. The third-order valence-corrected chi connectivity index (χ3v) is 11.3. The van der Waals surface area contributed by atoms with Gasteiger partial charge in [0.1, 0.15) is 0 Å². The van der Waals surface area contributed by atoms with Crippen molar-refractivity contribution >= 4 is 11.8 Å². The van der Waals surface area contributed by atoms with Crippen molar-refractivity contribution in [2.45, 2.75) is 84.7 Å². The maximum absolute atomic E-state index is 10.3. The first kappa shape index (κ1) is 20.9. The minimum Gasteiger partial charge on any atom is -0.393 e. The van der Waals surface area contributed by atoms with Crippen LogP contribution in [0, 0.1) is 34.5 Å². The molecule has 5 rings (SSSR count). The van der Waals surface area contributed by atoms with Crippen LogP contribution in [0.25, 0.3) is 0 Å². The molecule has 164 valence electrons. The molecule has 1 aliphatic heterocycles. The van der Waals surface area contributed by atoms with Gasteiger partial charge in [-0.2, -0.15) is 11.8 Å². The maximum atomic E-state index is 10.3. The van der Waals surface area contributed by atoms with E-state index in [1.54, 1.807) is 0 Å². The van der Waals surface area contributed by atoms with E-state index in [2.05, 4.69) is 37.4 Å². The number of rotatable bonds is 3. The molecule has 0 radical (unpaired) electrons. The molecule has 4 aliphatic carbocycles. The van der Waals surface area contributed by atoms with Crippen molar-refractivity contribution < 1.29 is 5.11 Å². The van der Waals surface area contributed by atoms with E-state index in [1.165, 1.54) is 76.1 Å². The first-order valence-corrected chi connectivity index (χ1v) is 13.8. The number of fused-ring (bicyclic) bond motifs is 4. The van der Waals surface area contributed by atoms with Gasteiger partial charge in [-0.3, -0.25) is 0 Å². The van der Waals surface area contributed by atoms with Gasteiger partial charge in [0.25, 0.3) is 0 Å². The summed E-state index contributed by atoms with van der Waals surface area (Å²) in [4.78, 5) is 2.75. The third kappa shape index (κ3) is 3.46. The Bertz CT molecular complexity index is 655. The monoisotopic (exact) mass is 417 g/mol. The fourth-order valence-electron chi connectivity index (χ4n) is 8.74. The lowest BCUT2D eigenvalue weighted by Crippen LogP contribution is -2.48. The van der Waals surface area contributed by atoms with E-state index in [1.807, 2.05) is 11.1 Å². The van der Waals surface area contributed by atoms with Gasteiger partial charge in [0.05, 0.1) is 6.10 Å². The molecule has 0 aromatic rings. The van der Waals surface area contributed by atoms with Crippen LogP contribution in [0.15, 0.2) is 11.1 Å². The van der Waals surface area contributed by atoms with Gasteiger partial charge < -0.3 is 10.0 Å². The summed E-state index contributed by atoms with van der Waals surface area (Å²) in [5, 5.41) is 10.3. The third-order valence-electron chi connectivity index (χ3n) is 10.4. The summed E-state index contributed by atoms with van der Waals surface area (Å²) in [5.74, 6) is 5.97. The van der Waals surface area contributed by atoms with Crippen LogP contribution in [0.1, 0.15) is 78.6 Å². The van der Waals surface area contributed by atoms with Crippen molar-refractivity contribution in [3.8, 4) is 0 Å². The molecule has 29 heavy (non-hydrogen) atoms. The molecule has 0 bridgehead atoms. The lowest BCUT2D eigenvalue weighted by Gasteiger charge is -2.56.